The molecule has 19 heavy (non-hydrogen) atoms. The Morgan fingerprint density at radius 3 is 2.95 bits per heavy atom. The molecule has 1 atom stereocenters. The molecule has 1 aliphatic carbocycles. The van der Waals surface area contributed by atoms with E-state index in [9.17, 15) is 8.42 Å². The predicted octanol–water partition coefficient (Wildman–Crippen LogP) is 0.992. The second-order valence-corrected chi connectivity index (χ2v) is 7.14. The normalized spacial score (nSPS) is 19.4. The van der Waals surface area contributed by atoms with Gasteiger partial charge in [0.1, 0.15) is 5.82 Å². The van der Waals surface area contributed by atoms with Crippen LogP contribution >= 0.6 is 11.3 Å². The van der Waals surface area contributed by atoms with Crippen LogP contribution in [0.25, 0.3) is 0 Å². The monoisotopic (exact) mass is 298 g/mol. The van der Waals surface area contributed by atoms with Gasteiger partial charge in [-0.15, -0.1) is 21.5 Å². The highest BCUT2D eigenvalue weighted by molar-refractivity contribution is 7.89. The zero-order valence-corrected chi connectivity index (χ0v) is 12.0. The summed E-state index contributed by atoms with van der Waals surface area (Å²) in [6, 6.07) is 2.09. The van der Waals surface area contributed by atoms with Crippen molar-refractivity contribution in [2.45, 2.75) is 30.3 Å². The van der Waals surface area contributed by atoms with Crippen molar-refractivity contribution in [1.29, 1.82) is 0 Å². The predicted molar refractivity (Wildman–Crippen MR) is 71.5 cm³/mol. The molecule has 2 aromatic heterocycles. The first kappa shape index (κ1) is 12.8. The van der Waals surface area contributed by atoms with Crippen molar-refractivity contribution >= 4 is 21.4 Å². The van der Waals surface area contributed by atoms with Crippen molar-refractivity contribution in [2.75, 3.05) is 0 Å². The number of nitrogens with two attached hydrogens (primary N) is 1. The maximum Gasteiger partial charge on any atom is 0.273 e. The fourth-order valence-corrected chi connectivity index (χ4v) is 4.25. The quantitative estimate of drug-likeness (QED) is 0.895. The Hall–Kier alpha value is -1.25. The maximum absolute atomic E-state index is 11.4. The van der Waals surface area contributed by atoms with Crippen LogP contribution in [-0.2, 0) is 23.5 Å². The second-order valence-electron chi connectivity index (χ2n) is 4.69. The largest absolute Gasteiger partial charge is 0.303 e. The van der Waals surface area contributed by atoms with E-state index in [0.29, 0.717) is 5.82 Å². The van der Waals surface area contributed by atoms with Gasteiger partial charge in [-0.25, -0.2) is 13.6 Å². The minimum absolute atomic E-state index is 0.114. The Bertz CT molecular complexity index is 717. The van der Waals surface area contributed by atoms with Crippen molar-refractivity contribution in [3.63, 3.8) is 0 Å². The number of fused-ring (bicyclic) bond motifs is 1. The highest BCUT2D eigenvalue weighted by atomic mass is 32.2. The SMILES string of the molecule is Cn1c(C2CCCc3sccc32)nnc1S(N)(=O)=O. The van der Waals surface area contributed by atoms with Gasteiger partial charge >= 0.3 is 0 Å². The van der Waals surface area contributed by atoms with Gasteiger partial charge in [0.2, 0.25) is 0 Å². The zero-order chi connectivity index (χ0) is 13.6. The lowest BCUT2D eigenvalue weighted by atomic mass is 9.87. The van der Waals surface area contributed by atoms with Crippen LogP contribution < -0.4 is 5.14 Å². The lowest BCUT2D eigenvalue weighted by molar-refractivity contribution is 0.558. The van der Waals surface area contributed by atoms with Crippen LogP contribution in [0.15, 0.2) is 16.6 Å². The average molecular weight is 298 g/mol. The molecule has 3 rings (SSSR count). The van der Waals surface area contributed by atoms with Crippen LogP contribution in [-0.4, -0.2) is 23.2 Å². The van der Waals surface area contributed by atoms with E-state index >= 15 is 0 Å². The molecule has 2 aromatic rings. The van der Waals surface area contributed by atoms with Crippen molar-refractivity contribution in [2.24, 2.45) is 12.2 Å². The molecule has 102 valence electrons. The molecular formula is C11H14N4O2S2. The minimum atomic E-state index is -3.82. The first-order chi connectivity index (χ1) is 8.98. The van der Waals surface area contributed by atoms with Crippen molar-refractivity contribution < 1.29 is 8.42 Å². The number of rotatable bonds is 2. The van der Waals surface area contributed by atoms with E-state index in [4.69, 9.17) is 5.14 Å². The van der Waals surface area contributed by atoms with Crippen molar-refractivity contribution in [3.8, 4) is 0 Å². The summed E-state index contributed by atoms with van der Waals surface area (Å²) in [4.78, 5) is 1.36. The van der Waals surface area contributed by atoms with E-state index in [1.807, 2.05) is 0 Å². The number of aryl methyl sites for hydroxylation is 1. The number of thiophene rings is 1. The molecule has 0 saturated carbocycles. The summed E-state index contributed by atoms with van der Waals surface area (Å²) >= 11 is 1.74. The number of hydrogen-bond acceptors (Lipinski definition) is 5. The van der Waals surface area contributed by atoms with E-state index in [2.05, 4.69) is 21.6 Å². The Morgan fingerprint density at radius 1 is 1.47 bits per heavy atom. The van der Waals surface area contributed by atoms with Crippen LogP contribution in [0.2, 0.25) is 0 Å². The molecule has 0 aromatic carbocycles. The van der Waals surface area contributed by atoms with Crippen molar-refractivity contribution in [1.82, 2.24) is 14.8 Å². The van der Waals surface area contributed by atoms with E-state index in [1.54, 1.807) is 18.4 Å². The molecular weight excluding hydrogens is 284 g/mol. The van der Waals surface area contributed by atoms with Gasteiger partial charge in [0.25, 0.3) is 15.2 Å². The van der Waals surface area contributed by atoms with E-state index in [1.165, 1.54) is 15.0 Å². The topological polar surface area (TPSA) is 90.9 Å². The van der Waals surface area contributed by atoms with Gasteiger partial charge in [0, 0.05) is 17.8 Å². The summed E-state index contributed by atoms with van der Waals surface area (Å²) < 4.78 is 24.3. The Labute approximate surface area is 115 Å². The molecule has 0 aliphatic heterocycles. The molecule has 0 spiro atoms. The smallest absolute Gasteiger partial charge is 0.273 e. The minimum Gasteiger partial charge on any atom is -0.303 e. The number of hydrogen-bond donors (Lipinski definition) is 1. The van der Waals surface area contributed by atoms with Gasteiger partial charge in [-0.1, -0.05) is 0 Å². The molecule has 1 unspecified atom stereocenters. The summed E-state index contributed by atoms with van der Waals surface area (Å²) in [5.41, 5.74) is 1.24. The number of aromatic nitrogens is 3. The van der Waals surface area contributed by atoms with E-state index in [0.717, 1.165) is 19.3 Å². The molecule has 0 bridgehead atoms. The summed E-state index contributed by atoms with van der Waals surface area (Å²) in [7, 11) is -2.17. The molecule has 8 heteroatoms. The molecule has 2 heterocycles. The Balaban J connectivity index is 2.09. The summed E-state index contributed by atoms with van der Waals surface area (Å²) in [6.07, 6.45) is 3.12. The standard InChI is InChI=1S/C11H14N4O2S2/c1-15-10(13-14-11(15)19(12,16)17)8-3-2-4-9-7(8)5-6-18-9/h5-6,8H,2-4H2,1H3,(H2,12,16,17). The van der Waals surface area contributed by atoms with Gasteiger partial charge in [-0.2, -0.15) is 0 Å². The van der Waals surface area contributed by atoms with Gasteiger partial charge in [0.05, 0.1) is 0 Å². The van der Waals surface area contributed by atoms with E-state index < -0.39 is 10.0 Å². The molecule has 2 N–H and O–H groups in total. The molecule has 1 aliphatic rings. The summed E-state index contributed by atoms with van der Waals surface area (Å²) in [5, 5.41) is 14.8. The highest BCUT2D eigenvalue weighted by Crippen LogP contribution is 2.38. The van der Waals surface area contributed by atoms with Crippen molar-refractivity contribution in [3.05, 3.63) is 27.7 Å². The summed E-state index contributed by atoms with van der Waals surface area (Å²) in [6.45, 7) is 0. The van der Waals surface area contributed by atoms with Crippen LogP contribution in [0.5, 0.6) is 0 Å². The first-order valence-electron chi connectivity index (χ1n) is 5.97. The third-order valence-corrected chi connectivity index (χ3v) is 5.35. The molecule has 0 radical (unpaired) electrons. The summed E-state index contributed by atoms with van der Waals surface area (Å²) in [5.74, 6) is 0.784. The first-order valence-corrected chi connectivity index (χ1v) is 8.39. The number of primary sulfonamides is 1. The van der Waals surface area contributed by atoms with Gasteiger partial charge in [-0.3, -0.25) is 0 Å². The third-order valence-electron chi connectivity index (χ3n) is 3.49. The molecule has 0 fully saturated rings. The van der Waals surface area contributed by atoms with Crippen LogP contribution in [0.4, 0.5) is 0 Å². The lowest BCUT2D eigenvalue weighted by Gasteiger charge is -2.21. The number of nitrogens with zero attached hydrogens (tertiary/aromatic N) is 3. The Morgan fingerprint density at radius 2 is 2.26 bits per heavy atom. The van der Waals surface area contributed by atoms with E-state index in [-0.39, 0.29) is 11.1 Å². The fraction of sp³-hybridized carbons (Fsp3) is 0.455. The zero-order valence-electron chi connectivity index (χ0n) is 10.4. The maximum atomic E-state index is 11.4. The van der Waals surface area contributed by atoms with Crippen LogP contribution in [0.1, 0.15) is 35.0 Å². The van der Waals surface area contributed by atoms with Gasteiger partial charge in [-0.05, 0) is 36.3 Å². The average Bonchev–Trinajstić information content (AvgIpc) is 2.93. The number of sulfonamides is 1. The highest BCUT2D eigenvalue weighted by Gasteiger charge is 2.29. The van der Waals surface area contributed by atoms with Gasteiger partial charge < -0.3 is 4.57 Å². The van der Waals surface area contributed by atoms with Crippen LogP contribution in [0, 0.1) is 0 Å². The second kappa shape index (κ2) is 4.39. The lowest BCUT2D eigenvalue weighted by Crippen LogP contribution is -2.19. The Kier molecular flexibility index (Phi) is 2.95. The molecule has 6 nitrogen and oxygen atoms in total. The third kappa shape index (κ3) is 2.09. The fourth-order valence-electron chi connectivity index (χ4n) is 2.63. The molecule has 0 amide bonds. The molecule has 0 saturated heterocycles. The van der Waals surface area contributed by atoms with Crippen LogP contribution in [0.3, 0.4) is 0 Å². The van der Waals surface area contributed by atoms with Gasteiger partial charge in [0.15, 0.2) is 0 Å².